The SMILES string of the molecule is COc1cccc(N2CC(C)N(C)C(C)C2)c1C(C)N. The van der Waals surface area contributed by atoms with Crippen molar-refractivity contribution in [2.75, 3.05) is 32.1 Å². The zero-order valence-corrected chi connectivity index (χ0v) is 13.3. The first-order valence-corrected chi connectivity index (χ1v) is 7.35. The summed E-state index contributed by atoms with van der Waals surface area (Å²) >= 11 is 0. The molecule has 1 fully saturated rings. The predicted molar refractivity (Wildman–Crippen MR) is 84.5 cm³/mol. The standard InChI is InChI=1S/C16H27N3O/c1-11-9-19(10-12(2)18(11)4)14-7-6-8-15(20-5)16(14)13(3)17/h6-8,11-13H,9-10,17H2,1-5H3. The van der Waals surface area contributed by atoms with Crippen LogP contribution in [0, 0.1) is 0 Å². The van der Waals surface area contributed by atoms with Crippen LogP contribution in [0.3, 0.4) is 0 Å². The molecule has 0 saturated carbocycles. The van der Waals surface area contributed by atoms with E-state index in [0.717, 1.165) is 24.4 Å². The first kappa shape index (κ1) is 15.1. The summed E-state index contributed by atoms with van der Waals surface area (Å²) in [7, 11) is 3.91. The third kappa shape index (κ3) is 2.76. The van der Waals surface area contributed by atoms with Crippen LogP contribution in [0.5, 0.6) is 5.75 Å². The van der Waals surface area contributed by atoms with E-state index in [2.05, 4.69) is 36.8 Å². The molecule has 0 radical (unpaired) electrons. The molecule has 1 saturated heterocycles. The van der Waals surface area contributed by atoms with E-state index in [9.17, 15) is 0 Å². The van der Waals surface area contributed by atoms with E-state index in [1.54, 1.807) is 7.11 Å². The van der Waals surface area contributed by atoms with Gasteiger partial charge in [-0.25, -0.2) is 0 Å². The zero-order chi connectivity index (χ0) is 14.9. The number of likely N-dealkylation sites (N-methyl/N-ethyl adjacent to an activating group) is 1. The number of hydrogen-bond donors (Lipinski definition) is 1. The molecule has 3 unspecified atom stereocenters. The van der Waals surface area contributed by atoms with Crippen LogP contribution < -0.4 is 15.4 Å². The summed E-state index contributed by atoms with van der Waals surface area (Å²) in [5.41, 5.74) is 8.50. The summed E-state index contributed by atoms with van der Waals surface area (Å²) in [4.78, 5) is 4.87. The van der Waals surface area contributed by atoms with Gasteiger partial charge in [-0.15, -0.1) is 0 Å². The van der Waals surface area contributed by atoms with Crippen molar-refractivity contribution in [3.05, 3.63) is 23.8 Å². The molecule has 4 heteroatoms. The molecule has 2 N–H and O–H groups in total. The van der Waals surface area contributed by atoms with Crippen molar-refractivity contribution < 1.29 is 4.74 Å². The highest BCUT2D eigenvalue weighted by atomic mass is 16.5. The lowest BCUT2D eigenvalue weighted by Gasteiger charge is -2.44. The number of nitrogens with zero attached hydrogens (tertiary/aromatic N) is 2. The Morgan fingerprint density at radius 3 is 2.35 bits per heavy atom. The van der Waals surface area contributed by atoms with Crippen molar-refractivity contribution >= 4 is 5.69 Å². The molecule has 1 heterocycles. The van der Waals surface area contributed by atoms with Crippen molar-refractivity contribution in [3.8, 4) is 5.75 Å². The molecule has 1 aromatic carbocycles. The maximum Gasteiger partial charge on any atom is 0.125 e. The molecule has 1 aliphatic rings. The van der Waals surface area contributed by atoms with Crippen LogP contribution in [0.25, 0.3) is 0 Å². The number of piperazine rings is 1. The zero-order valence-electron chi connectivity index (χ0n) is 13.3. The quantitative estimate of drug-likeness (QED) is 0.920. The topological polar surface area (TPSA) is 41.7 Å². The lowest BCUT2D eigenvalue weighted by molar-refractivity contribution is 0.170. The third-order valence-corrected chi connectivity index (χ3v) is 4.42. The fraction of sp³-hybridized carbons (Fsp3) is 0.625. The maximum atomic E-state index is 6.18. The summed E-state index contributed by atoms with van der Waals surface area (Å²) < 4.78 is 5.50. The van der Waals surface area contributed by atoms with Crippen LogP contribution in [0.4, 0.5) is 5.69 Å². The highest BCUT2D eigenvalue weighted by molar-refractivity contribution is 5.61. The molecule has 0 aromatic heterocycles. The number of ether oxygens (including phenoxy) is 1. The number of benzene rings is 1. The predicted octanol–water partition coefficient (Wildman–Crippen LogP) is 2.24. The van der Waals surface area contributed by atoms with Crippen molar-refractivity contribution in [3.63, 3.8) is 0 Å². The summed E-state index contributed by atoms with van der Waals surface area (Å²) in [5, 5.41) is 0. The fourth-order valence-electron chi connectivity index (χ4n) is 3.04. The number of methoxy groups -OCH3 is 1. The Hall–Kier alpha value is -1.26. The van der Waals surface area contributed by atoms with Crippen LogP contribution in [0.1, 0.15) is 32.4 Å². The van der Waals surface area contributed by atoms with Gasteiger partial charge in [0.15, 0.2) is 0 Å². The van der Waals surface area contributed by atoms with Crippen LogP contribution in [0.15, 0.2) is 18.2 Å². The second kappa shape index (κ2) is 6.02. The largest absolute Gasteiger partial charge is 0.496 e. The minimum atomic E-state index is -0.0357. The lowest BCUT2D eigenvalue weighted by Crippen LogP contribution is -2.55. The Kier molecular flexibility index (Phi) is 4.55. The number of rotatable bonds is 3. The van der Waals surface area contributed by atoms with Crippen molar-refractivity contribution in [2.45, 2.75) is 38.9 Å². The minimum Gasteiger partial charge on any atom is -0.496 e. The van der Waals surface area contributed by atoms with E-state index in [4.69, 9.17) is 10.5 Å². The molecule has 112 valence electrons. The van der Waals surface area contributed by atoms with Gasteiger partial charge in [-0.1, -0.05) is 6.07 Å². The monoisotopic (exact) mass is 277 g/mol. The summed E-state index contributed by atoms with van der Waals surface area (Å²) in [6, 6.07) is 7.23. The molecule has 2 rings (SSSR count). The number of nitrogens with two attached hydrogens (primary N) is 1. The average molecular weight is 277 g/mol. The van der Waals surface area contributed by atoms with Crippen molar-refractivity contribution in [1.29, 1.82) is 0 Å². The average Bonchev–Trinajstić information content (AvgIpc) is 2.43. The Morgan fingerprint density at radius 2 is 1.85 bits per heavy atom. The van der Waals surface area contributed by atoms with Gasteiger partial charge >= 0.3 is 0 Å². The fourth-order valence-corrected chi connectivity index (χ4v) is 3.04. The Morgan fingerprint density at radius 1 is 1.25 bits per heavy atom. The Balaban J connectivity index is 2.37. The molecule has 3 atom stereocenters. The number of anilines is 1. The third-order valence-electron chi connectivity index (χ3n) is 4.42. The van der Waals surface area contributed by atoms with E-state index in [-0.39, 0.29) is 6.04 Å². The van der Waals surface area contributed by atoms with Crippen molar-refractivity contribution in [1.82, 2.24) is 4.90 Å². The van der Waals surface area contributed by atoms with E-state index in [1.807, 2.05) is 19.1 Å². The minimum absolute atomic E-state index is 0.0357. The first-order valence-electron chi connectivity index (χ1n) is 7.35. The van der Waals surface area contributed by atoms with Gasteiger partial charge in [-0.2, -0.15) is 0 Å². The van der Waals surface area contributed by atoms with Gasteiger partial charge in [0, 0.05) is 42.5 Å². The Labute approximate surface area is 122 Å². The molecular weight excluding hydrogens is 250 g/mol. The second-order valence-corrected chi connectivity index (χ2v) is 5.95. The van der Waals surface area contributed by atoms with Crippen LogP contribution in [-0.4, -0.2) is 44.2 Å². The van der Waals surface area contributed by atoms with Crippen LogP contribution >= 0.6 is 0 Å². The van der Waals surface area contributed by atoms with Crippen LogP contribution in [-0.2, 0) is 0 Å². The van der Waals surface area contributed by atoms with Crippen LogP contribution in [0.2, 0.25) is 0 Å². The van der Waals surface area contributed by atoms with Crippen molar-refractivity contribution in [2.24, 2.45) is 5.73 Å². The van der Waals surface area contributed by atoms with Gasteiger partial charge in [-0.3, -0.25) is 4.90 Å². The van der Waals surface area contributed by atoms with Gasteiger partial charge in [0.05, 0.1) is 7.11 Å². The van der Waals surface area contributed by atoms with Gasteiger partial charge < -0.3 is 15.4 Å². The molecule has 0 aliphatic carbocycles. The van der Waals surface area contributed by atoms with E-state index < -0.39 is 0 Å². The van der Waals surface area contributed by atoms with E-state index in [0.29, 0.717) is 12.1 Å². The first-order chi connectivity index (χ1) is 9.45. The smallest absolute Gasteiger partial charge is 0.125 e. The molecule has 1 aliphatic heterocycles. The second-order valence-electron chi connectivity index (χ2n) is 5.95. The highest BCUT2D eigenvalue weighted by Gasteiger charge is 2.28. The Bertz CT molecular complexity index is 449. The van der Waals surface area contributed by atoms with Gasteiger partial charge in [0.25, 0.3) is 0 Å². The molecule has 20 heavy (non-hydrogen) atoms. The maximum absolute atomic E-state index is 6.18. The molecule has 4 nitrogen and oxygen atoms in total. The number of hydrogen-bond acceptors (Lipinski definition) is 4. The lowest BCUT2D eigenvalue weighted by atomic mass is 10.0. The molecular formula is C16H27N3O. The summed E-state index contributed by atoms with van der Waals surface area (Å²) in [6.45, 7) is 8.61. The summed E-state index contributed by atoms with van der Waals surface area (Å²) in [5.74, 6) is 0.886. The van der Waals surface area contributed by atoms with E-state index in [1.165, 1.54) is 5.69 Å². The normalized spacial score (nSPS) is 25.6. The van der Waals surface area contributed by atoms with Gasteiger partial charge in [0.1, 0.15) is 5.75 Å². The van der Waals surface area contributed by atoms with Gasteiger partial charge in [0.2, 0.25) is 0 Å². The molecule has 0 spiro atoms. The molecule has 0 amide bonds. The summed E-state index contributed by atoms with van der Waals surface area (Å²) in [6.07, 6.45) is 0. The molecule has 0 bridgehead atoms. The van der Waals surface area contributed by atoms with Gasteiger partial charge in [-0.05, 0) is 40.0 Å². The highest BCUT2D eigenvalue weighted by Crippen LogP contribution is 2.35. The molecule has 1 aromatic rings. The van der Waals surface area contributed by atoms with E-state index >= 15 is 0 Å².